The van der Waals surface area contributed by atoms with Crippen molar-refractivity contribution in [3.8, 4) is 6.07 Å². The Labute approximate surface area is 181 Å². The molecule has 0 aliphatic carbocycles. The second-order valence-electron chi connectivity index (χ2n) is 6.09. The fourth-order valence-corrected chi connectivity index (χ4v) is 3.03. The lowest BCUT2D eigenvalue weighted by atomic mass is 10.1. The Balaban J connectivity index is 2.27. The topological polar surface area (TPSA) is 119 Å². The van der Waals surface area contributed by atoms with Gasteiger partial charge in [-0.05, 0) is 78.4 Å². The van der Waals surface area contributed by atoms with Gasteiger partial charge in [0.25, 0.3) is 11.8 Å². The van der Waals surface area contributed by atoms with E-state index in [9.17, 15) is 14.7 Å². The number of carbonyl (C=O) groups excluding carboxylic acids is 2. The number of hydrogen-bond donors (Lipinski definition) is 3. The maximum atomic E-state index is 12.8. The van der Waals surface area contributed by atoms with Crippen LogP contribution in [0.4, 0.5) is 5.69 Å². The molecule has 4 N–H and O–H groups in total. The minimum atomic E-state index is -1.19. The molecule has 0 saturated heterocycles. The monoisotopic (exact) mass is 512 g/mol. The van der Waals surface area contributed by atoms with Crippen molar-refractivity contribution in [2.75, 3.05) is 5.32 Å². The number of amides is 2. The molecule has 0 radical (unpaired) electrons. The second-order valence-corrected chi connectivity index (χ2v) is 7.72. The van der Waals surface area contributed by atoms with Crippen molar-refractivity contribution in [2.24, 2.45) is 5.84 Å². The predicted molar refractivity (Wildman–Crippen MR) is 115 cm³/mol. The number of benzene rings is 2. The molecule has 28 heavy (non-hydrogen) atoms. The SMILES string of the molecule is Cc1c(NC(C(=O)N(N)C(=O)c2ccc(I)cc2)C(C)O)ccc(C#N)c1Cl. The zero-order valence-electron chi connectivity index (χ0n) is 15.1. The maximum absolute atomic E-state index is 12.8. The van der Waals surface area contributed by atoms with Gasteiger partial charge in [0.2, 0.25) is 0 Å². The molecule has 2 atom stereocenters. The van der Waals surface area contributed by atoms with E-state index in [-0.39, 0.29) is 10.6 Å². The van der Waals surface area contributed by atoms with E-state index in [4.69, 9.17) is 22.7 Å². The molecule has 2 rings (SSSR count). The number of halogens is 2. The minimum Gasteiger partial charge on any atom is -0.391 e. The average Bonchev–Trinajstić information content (AvgIpc) is 2.67. The highest BCUT2D eigenvalue weighted by Crippen LogP contribution is 2.28. The molecule has 0 heterocycles. The van der Waals surface area contributed by atoms with Crippen LogP contribution in [0.1, 0.15) is 28.4 Å². The van der Waals surface area contributed by atoms with Crippen molar-refractivity contribution in [2.45, 2.75) is 26.0 Å². The number of aliphatic hydroxyl groups is 1. The van der Waals surface area contributed by atoms with Gasteiger partial charge < -0.3 is 10.4 Å². The van der Waals surface area contributed by atoms with E-state index in [2.05, 4.69) is 27.9 Å². The molecule has 7 nitrogen and oxygen atoms in total. The minimum absolute atomic E-state index is 0.240. The molecule has 0 saturated carbocycles. The highest BCUT2D eigenvalue weighted by atomic mass is 127. The Kier molecular flexibility index (Phi) is 7.37. The molecular formula is C19H18ClIN4O3. The van der Waals surface area contributed by atoms with Gasteiger partial charge in [0.1, 0.15) is 12.1 Å². The second kappa shape index (κ2) is 9.34. The Morgan fingerprint density at radius 1 is 1.29 bits per heavy atom. The summed E-state index contributed by atoms with van der Waals surface area (Å²) in [7, 11) is 0. The van der Waals surface area contributed by atoms with Crippen molar-refractivity contribution >= 4 is 51.7 Å². The van der Waals surface area contributed by atoms with E-state index in [1.54, 1.807) is 37.3 Å². The molecule has 0 bridgehead atoms. The Bertz CT molecular complexity index is 941. The first-order chi connectivity index (χ1) is 13.2. The van der Waals surface area contributed by atoms with Crippen molar-refractivity contribution in [3.63, 3.8) is 0 Å². The molecule has 2 aromatic carbocycles. The number of anilines is 1. The Morgan fingerprint density at radius 3 is 2.43 bits per heavy atom. The number of aliphatic hydroxyl groups excluding tert-OH is 1. The summed E-state index contributed by atoms with van der Waals surface area (Å²) in [5.74, 6) is 4.25. The predicted octanol–water partition coefficient (Wildman–Crippen LogP) is 2.83. The molecule has 2 amide bonds. The van der Waals surface area contributed by atoms with E-state index < -0.39 is 24.0 Å². The zero-order chi connectivity index (χ0) is 21.0. The van der Waals surface area contributed by atoms with E-state index in [0.29, 0.717) is 21.8 Å². The normalized spacial score (nSPS) is 12.6. The van der Waals surface area contributed by atoms with Gasteiger partial charge in [0.05, 0.1) is 16.7 Å². The third-order valence-electron chi connectivity index (χ3n) is 4.11. The number of nitriles is 1. The van der Waals surface area contributed by atoms with Crippen molar-refractivity contribution < 1.29 is 14.7 Å². The number of hydrazine groups is 1. The number of hydrogen-bond acceptors (Lipinski definition) is 6. The summed E-state index contributed by atoms with van der Waals surface area (Å²) in [6, 6.07) is 10.4. The summed E-state index contributed by atoms with van der Waals surface area (Å²) in [5, 5.41) is 22.7. The molecule has 0 aliphatic heterocycles. The third-order valence-corrected chi connectivity index (χ3v) is 5.32. The smallest absolute Gasteiger partial charge is 0.274 e. The fraction of sp³-hybridized carbons (Fsp3) is 0.211. The van der Waals surface area contributed by atoms with Crippen molar-refractivity contribution in [3.05, 3.63) is 61.7 Å². The van der Waals surface area contributed by atoms with Crippen LogP contribution in [0.2, 0.25) is 5.02 Å². The van der Waals surface area contributed by atoms with Gasteiger partial charge in [-0.15, -0.1) is 0 Å². The van der Waals surface area contributed by atoms with Gasteiger partial charge in [-0.2, -0.15) is 5.26 Å². The van der Waals surface area contributed by atoms with Crippen molar-refractivity contribution in [1.29, 1.82) is 5.26 Å². The van der Waals surface area contributed by atoms with E-state index >= 15 is 0 Å². The first kappa shape index (κ1) is 22.1. The number of nitrogens with two attached hydrogens (primary N) is 1. The van der Waals surface area contributed by atoms with Gasteiger partial charge in [-0.3, -0.25) is 9.59 Å². The van der Waals surface area contributed by atoms with Gasteiger partial charge in [-0.1, -0.05) is 11.6 Å². The first-order valence-corrected chi connectivity index (χ1v) is 9.65. The summed E-state index contributed by atoms with van der Waals surface area (Å²) in [6.45, 7) is 3.07. The first-order valence-electron chi connectivity index (χ1n) is 8.19. The molecule has 0 spiro atoms. The Hall–Kier alpha value is -2.19. The van der Waals surface area contributed by atoms with Crippen LogP contribution >= 0.6 is 34.2 Å². The van der Waals surface area contributed by atoms with Crippen LogP contribution in [-0.2, 0) is 4.79 Å². The quantitative estimate of drug-likeness (QED) is 0.245. The highest BCUT2D eigenvalue weighted by Gasteiger charge is 2.31. The fourth-order valence-electron chi connectivity index (χ4n) is 2.47. The highest BCUT2D eigenvalue weighted by molar-refractivity contribution is 14.1. The van der Waals surface area contributed by atoms with Crippen LogP contribution in [0, 0.1) is 21.8 Å². The lowest BCUT2D eigenvalue weighted by Crippen LogP contribution is -2.53. The standard InChI is InChI=1S/C19H18ClIN4O3/c1-10-15(8-5-13(9-22)16(10)20)24-17(11(2)26)19(28)25(23)18(27)12-3-6-14(21)7-4-12/h3-8,11,17,24,26H,23H2,1-2H3. The summed E-state index contributed by atoms with van der Waals surface area (Å²) in [6.07, 6.45) is -1.16. The van der Waals surface area contributed by atoms with E-state index in [1.165, 1.54) is 13.0 Å². The summed E-state index contributed by atoms with van der Waals surface area (Å²) in [5.41, 5.74) is 1.52. The van der Waals surface area contributed by atoms with Gasteiger partial charge in [0, 0.05) is 14.8 Å². The van der Waals surface area contributed by atoms with E-state index in [1.807, 2.05) is 6.07 Å². The number of rotatable bonds is 5. The van der Waals surface area contributed by atoms with Crippen LogP contribution in [0.15, 0.2) is 36.4 Å². The summed E-state index contributed by atoms with van der Waals surface area (Å²) >= 11 is 8.24. The molecule has 2 unspecified atom stereocenters. The number of imide groups is 1. The van der Waals surface area contributed by atoms with Crippen LogP contribution in [0.5, 0.6) is 0 Å². The molecule has 146 valence electrons. The number of nitrogens with one attached hydrogen (secondary N) is 1. The molecule has 9 heteroatoms. The van der Waals surface area contributed by atoms with Crippen LogP contribution in [0.3, 0.4) is 0 Å². The largest absolute Gasteiger partial charge is 0.391 e. The number of nitrogens with zero attached hydrogens (tertiary/aromatic N) is 2. The van der Waals surface area contributed by atoms with Crippen LogP contribution in [0.25, 0.3) is 0 Å². The Morgan fingerprint density at radius 2 is 1.89 bits per heavy atom. The lowest BCUT2D eigenvalue weighted by molar-refractivity contribution is -0.131. The molecule has 0 aliphatic rings. The summed E-state index contributed by atoms with van der Waals surface area (Å²) < 4.78 is 0.931. The maximum Gasteiger partial charge on any atom is 0.274 e. The molecule has 0 aromatic heterocycles. The molecular weight excluding hydrogens is 495 g/mol. The summed E-state index contributed by atoms with van der Waals surface area (Å²) in [4.78, 5) is 25.3. The third kappa shape index (κ3) is 4.80. The zero-order valence-corrected chi connectivity index (χ0v) is 18.0. The van der Waals surface area contributed by atoms with Crippen molar-refractivity contribution in [1.82, 2.24) is 5.01 Å². The van der Waals surface area contributed by atoms with Gasteiger partial charge >= 0.3 is 0 Å². The average molecular weight is 513 g/mol. The number of carbonyl (C=O) groups is 2. The molecule has 0 fully saturated rings. The van der Waals surface area contributed by atoms with Crippen LogP contribution < -0.4 is 11.2 Å². The molecule has 2 aromatic rings. The van der Waals surface area contributed by atoms with E-state index in [0.717, 1.165) is 3.57 Å². The van der Waals surface area contributed by atoms with Gasteiger partial charge in [-0.25, -0.2) is 10.9 Å². The lowest BCUT2D eigenvalue weighted by Gasteiger charge is -2.26. The van der Waals surface area contributed by atoms with Gasteiger partial charge in [0.15, 0.2) is 0 Å². The van der Waals surface area contributed by atoms with Crippen LogP contribution in [-0.4, -0.2) is 34.1 Å².